The Hall–Kier alpha value is -3.99. The van der Waals surface area contributed by atoms with Crippen LogP contribution in [0.1, 0.15) is 5.69 Å². The highest BCUT2D eigenvalue weighted by Gasteiger charge is 2.54. The first-order chi connectivity index (χ1) is 17.3. The number of nitrogens with zero attached hydrogens (tertiary/aromatic N) is 7. The van der Waals surface area contributed by atoms with E-state index in [1.54, 1.807) is 13.1 Å². The Bertz CT molecular complexity index is 1280. The number of hydrogen-bond donors (Lipinski definition) is 3. The third kappa shape index (κ3) is 4.87. The number of thioether (sulfide) groups is 2. The second-order valence-electron chi connectivity index (χ2n) is 7.28. The molecule has 2 atom stereocenters. The summed E-state index contributed by atoms with van der Waals surface area (Å²) in [5, 5.41) is 29.6. The van der Waals surface area contributed by atoms with Crippen LogP contribution in [0.4, 0.5) is 5.82 Å². The lowest BCUT2D eigenvalue weighted by Crippen LogP contribution is -2.71. The van der Waals surface area contributed by atoms with Crippen LogP contribution in [0, 0.1) is 0 Å². The fraction of sp³-hybridized carbons (Fsp3) is 0.316. The van der Waals surface area contributed by atoms with E-state index in [-0.39, 0.29) is 28.7 Å². The quantitative estimate of drug-likeness (QED) is 0.112. The van der Waals surface area contributed by atoms with Crippen LogP contribution >= 0.6 is 23.5 Å². The smallest absolute Gasteiger partial charge is 0.352 e. The van der Waals surface area contributed by atoms with Crippen molar-refractivity contribution in [1.82, 2.24) is 35.4 Å². The predicted octanol–water partition coefficient (Wildman–Crippen LogP) is -0.945. The lowest BCUT2D eigenvalue weighted by molar-refractivity contribution is -0.150. The molecule has 1 saturated heterocycles. The number of tetrazole rings is 1. The summed E-state index contributed by atoms with van der Waals surface area (Å²) in [5.41, 5.74) is 0.310. The third-order valence-corrected chi connectivity index (χ3v) is 7.53. The van der Waals surface area contributed by atoms with Crippen LogP contribution in [0.15, 0.2) is 39.8 Å². The van der Waals surface area contributed by atoms with E-state index in [1.165, 1.54) is 52.3 Å². The van der Waals surface area contributed by atoms with Gasteiger partial charge in [-0.1, -0.05) is 23.0 Å². The second-order valence-corrected chi connectivity index (χ2v) is 9.33. The number of amides is 3. The van der Waals surface area contributed by atoms with E-state index >= 15 is 0 Å². The van der Waals surface area contributed by atoms with E-state index in [2.05, 4.69) is 36.3 Å². The molecule has 4 rings (SSSR count). The van der Waals surface area contributed by atoms with Gasteiger partial charge in [-0.25, -0.2) is 14.5 Å². The summed E-state index contributed by atoms with van der Waals surface area (Å²) in [6.07, 6.45) is 0.436. The number of nitrogens with one attached hydrogen (secondary N) is 2. The van der Waals surface area contributed by atoms with Gasteiger partial charge in [0.15, 0.2) is 5.71 Å². The van der Waals surface area contributed by atoms with E-state index in [0.29, 0.717) is 22.9 Å². The molecule has 2 aliphatic rings. The summed E-state index contributed by atoms with van der Waals surface area (Å²) in [7, 11) is 2.91. The Kier molecular flexibility index (Phi) is 7.49. The summed E-state index contributed by atoms with van der Waals surface area (Å²) >= 11 is 2.58. The molecule has 2 aliphatic heterocycles. The minimum Gasteiger partial charge on any atom is -0.477 e. The molecule has 0 aliphatic carbocycles. The SMILES string of the molecule is CON=C(C(=O)NC1C(=O)N2C(C(=O)O)=C(CSc3nnnn3C)CS[C@@H]12)c1cccc(NC=O)n1. The summed E-state index contributed by atoms with van der Waals surface area (Å²) in [5.74, 6) is -1.76. The van der Waals surface area contributed by atoms with Gasteiger partial charge < -0.3 is 20.6 Å². The number of pyridine rings is 1. The molecule has 2 aromatic heterocycles. The third-order valence-electron chi connectivity index (χ3n) is 5.09. The largest absolute Gasteiger partial charge is 0.477 e. The number of hydrogen-bond acceptors (Lipinski definition) is 12. The van der Waals surface area contributed by atoms with Crippen molar-refractivity contribution in [1.29, 1.82) is 0 Å². The van der Waals surface area contributed by atoms with Crippen molar-refractivity contribution in [3.63, 3.8) is 0 Å². The monoisotopic (exact) mass is 533 g/mol. The first kappa shape index (κ1) is 25.1. The zero-order chi connectivity index (χ0) is 25.8. The van der Waals surface area contributed by atoms with Crippen LogP contribution in [0.25, 0.3) is 0 Å². The number of aromatic nitrogens is 5. The molecule has 36 heavy (non-hydrogen) atoms. The zero-order valence-electron chi connectivity index (χ0n) is 18.8. The van der Waals surface area contributed by atoms with E-state index in [9.17, 15) is 24.3 Å². The topological polar surface area (TPSA) is 194 Å². The molecule has 3 amide bonds. The zero-order valence-corrected chi connectivity index (χ0v) is 20.4. The first-order valence-corrected chi connectivity index (χ1v) is 12.2. The number of aliphatic carboxylic acids is 1. The van der Waals surface area contributed by atoms with Gasteiger partial charge in [-0.3, -0.25) is 19.3 Å². The number of β-lactam (4-membered cyclic amide) rings is 1. The normalized spacial score (nSPS) is 19.3. The number of oxime groups is 1. The molecule has 0 saturated carbocycles. The van der Waals surface area contributed by atoms with Crippen molar-refractivity contribution in [2.45, 2.75) is 16.6 Å². The van der Waals surface area contributed by atoms with Crippen LogP contribution in [0.3, 0.4) is 0 Å². The fourth-order valence-corrected chi connectivity index (χ4v) is 5.84. The van der Waals surface area contributed by atoms with Crippen LogP contribution in [-0.2, 0) is 31.1 Å². The molecule has 188 valence electrons. The average Bonchev–Trinajstić information content (AvgIpc) is 3.28. The number of anilines is 1. The van der Waals surface area contributed by atoms with Gasteiger partial charge >= 0.3 is 5.97 Å². The van der Waals surface area contributed by atoms with Gasteiger partial charge in [0.25, 0.3) is 11.8 Å². The minimum absolute atomic E-state index is 0.102. The van der Waals surface area contributed by atoms with Gasteiger partial charge in [0.2, 0.25) is 11.6 Å². The maximum atomic E-state index is 13.0. The maximum Gasteiger partial charge on any atom is 0.352 e. The van der Waals surface area contributed by atoms with Crippen LogP contribution in [0.2, 0.25) is 0 Å². The van der Waals surface area contributed by atoms with Crippen molar-refractivity contribution in [2.75, 3.05) is 23.9 Å². The molecule has 0 spiro atoms. The van der Waals surface area contributed by atoms with E-state index < -0.39 is 29.2 Å². The Labute approximate surface area is 211 Å². The molecule has 15 nitrogen and oxygen atoms in total. The summed E-state index contributed by atoms with van der Waals surface area (Å²) in [6, 6.07) is 3.58. The number of carboxylic acid groups (broad SMARTS) is 1. The number of carbonyl (C=O) groups excluding carboxylic acids is 3. The highest BCUT2D eigenvalue weighted by atomic mass is 32.2. The number of aryl methyl sites for hydroxylation is 1. The maximum absolute atomic E-state index is 13.0. The molecule has 0 bridgehead atoms. The van der Waals surface area contributed by atoms with Gasteiger partial charge in [0.05, 0.1) is 0 Å². The molecular weight excluding hydrogens is 514 g/mol. The molecule has 0 aromatic carbocycles. The number of carboxylic acids is 1. The highest BCUT2D eigenvalue weighted by Crippen LogP contribution is 2.41. The highest BCUT2D eigenvalue weighted by molar-refractivity contribution is 8.01. The van der Waals surface area contributed by atoms with Crippen LogP contribution < -0.4 is 10.6 Å². The Balaban J connectivity index is 1.50. The molecular formula is C19H19N9O6S2. The molecule has 1 fully saturated rings. The molecule has 0 radical (unpaired) electrons. The van der Waals surface area contributed by atoms with Crippen LogP contribution in [0.5, 0.6) is 0 Å². The molecule has 17 heteroatoms. The van der Waals surface area contributed by atoms with Crippen molar-refractivity contribution in [2.24, 2.45) is 12.2 Å². The Morgan fingerprint density at radius 2 is 2.22 bits per heavy atom. The number of fused-ring (bicyclic) bond motifs is 1. The lowest BCUT2D eigenvalue weighted by Gasteiger charge is -2.49. The van der Waals surface area contributed by atoms with Crippen molar-refractivity contribution >= 4 is 59.2 Å². The Morgan fingerprint density at radius 1 is 1.42 bits per heavy atom. The first-order valence-electron chi connectivity index (χ1n) is 10.2. The minimum atomic E-state index is -1.24. The summed E-state index contributed by atoms with van der Waals surface area (Å²) < 4.78 is 1.46. The summed E-state index contributed by atoms with van der Waals surface area (Å²) in [6.45, 7) is 0. The predicted molar refractivity (Wildman–Crippen MR) is 127 cm³/mol. The fourth-order valence-electron chi connectivity index (χ4n) is 3.50. The van der Waals surface area contributed by atoms with E-state index in [0.717, 1.165) is 0 Å². The van der Waals surface area contributed by atoms with E-state index in [1.807, 2.05) is 0 Å². The van der Waals surface area contributed by atoms with Gasteiger partial charge in [-0.05, 0) is 28.1 Å². The van der Waals surface area contributed by atoms with Gasteiger partial charge in [-0.15, -0.1) is 16.9 Å². The second kappa shape index (κ2) is 10.7. The van der Waals surface area contributed by atoms with E-state index in [4.69, 9.17) is 4.84 Å². The molecule has 2 aromatic rings. The standard InChI is InChI=1S/C19H19N9O6S2/c1-27-19(23-25-26-27)36-7-9-6-35-17-13(16(31)28(17)14(9)18(32)33)22-15(30)12(24-34-2)10-4-3-5-11(21-10)20-8-29/h3-5,8,13,17H,6-7H2,1-2H3,(H,22,30)(H,32,33)(H,20,21,29)/t13?,17-/m0/s1. The number of carbonyl (C=O) groups is 4. The molecule has 4 heterocycles. The van der Waals surface area contributed by atoms with Crippen molar-refractivity contribution in [3.05, 3.63) is 35.2 Å². The lowest BCUT2D eigenvalue weighted by atomic mass is 10.0. The van der Waals surface area contributed by atoms with Crippen molar-refractivity contribution in [3.8, 4) is 0 Å². The average molecular weight is 534 g/mol. The van der Waals surface area contributed by atoms with Crippen molar-refractivity contribution < 1.29 is 29.1 Å². The Morgan fingerprint density at radius 3 is 2.89 bits per heavy atom. The molecule has 1 unspecified atom stereocenters. The summed E-state index contributed by atoms with van der Waals surface area (Å²) in [4.78, 5) is 58.8. The van der Waals surface area contributed by atoms with Crippen LogP contribution in [-0.4, -0.2) is 95.1 Å². The van der Waals surface area contributed by atoms with Gasteiger partial charge in [0, 0.05) is 18.6 Å². The molecule has 3 N–H and O–H groups in total. The number of rotatable bonds is 10. The van der Waals surface area contributed by atoms with Gasteiger partial charge in [0.1, 0.15) is 35.7 Å². The van der Waals surface area contributed by atoms with Gasteiger partial charge in [-0.2, -0.15) is 0 Å².